The smallest absolute Gasteiger partial charge is 0.241 e. The minimum absolute atomic E-state index is 0.231. The van der Waals surface area contributed by atoms with Gasteiger partial charge in [-0.3, -0.25) is 14.9 Å². The maximum absolute atomic E-state index is 12.3. The number of amides is 1. The summed E-state index contributed by atoms with van der Waals surface area (Å²) in [5.41, 5.74) is 10.2. The van der Waals surface area contributed by atoms with Crippen LogP contribution in [0.15, 0.2) is 36.5 Å². The number of carbonyl (C=O) groups is 1. The van der Waals surface area contributed by atoms with Crippen molar-refractivity contribution in [2.24, 2.45) is 5.73 Å². The van der Waals surface area contributed by atoms with Crippen LogP contribution in [0.1, 0.15) is 28.6 Å². The molecule has 1 amide bonds. The van der Waals surface area contributed by atoms with Crippen LogP contribution in [0, 0.1) is 13.8 Å². The van der Waals surface area contributed by atoms with Crippen molar-refractivity contribution in [3.05, 3.63) is 59.0 Å². The van der Waals surface area contributed by atoms with E-state index in [4.69, 9.17) is 5.73 Å². The van der Waals surface area contributed by atoms with Gasteiger partial charge in [-0.1, -0.05) is 18.2 Å². The Morgan fingerprint density at radius 1 is 1.35 bits per heavy atom. The largest absolute Gasteiger partial charge is 0.350 e. The van der Waals surface area contributed by atoms with Crippen molar-refractivity contribution in [2.45, 2.75) is 26.4 Å². The molecule has 4 N–H and O–H groups in total. The van der Waals surface area contributed by atoms with E-state index in [-0.39, 0.29) is 5.91 Å². The number of carbonyl (C=O) groups excluding carboxylic acids is 1. The Bertz CT molecular complexity index is 836. The maximum atomic E-state index is 12.3. The van der Waals surface area contributed by atoms with Crippen LogP contribution in [0.25, 0.3) is 10.9 Å². The fraction of sp³-hybridized carbons (Fsp3) is 0.235. The van der Waals surface area contributed by atoms with E-state index >= 15 is 0 Å². The molecule has 6 heteroatoms. The number of nitrogens with zero attached hydrogens (tertiary/aromatic N) is 2. The topological polar surface area (TPSA) is 96.7 Å². The number of hydrogen-bond acceptors (Lipinski definition) is 4. The van der Waals surface area contributed by atoms with Gasteiger partial charge in [0.25, 0.3) is 0 Å². The van der Waals surface area contributed by atoms with Gasteiger partial charge in [0.05, 0.1) is 11.2 Å². The first-order valence-corrected chi connectivity index (χ1v) is 7.44. The third-order valence-electron chi connectivity index (χ3n) is 3.89. The third kappa shape index (κ3) is 3.07. The molecule has 118 valence electrons. The molecule has 0 aliphatic heterocycles. The first-order chi connectivity index (χ1) is 11.1. The second kappa shape index (κ2) is 6.18. The van der Waals surface area contributed by atoms with Crippen LogP contribution in [0.3, 0.4) is 0 Å². The van der Waals surface area contributed by atoms with Crippen LogP contribution in [-0.4, -0.2) is 21.1 Å². The molecule has 0 fully saturated rings. The van der Waals surface area contributed by atoms with Gasteiger partial charge in [0.15, 0.2) is 0 Å². The van der Waals surface area contributed by atoms with Crippen molar-refractivity contribution >= 4 is 16.8 Å². The van der Waals surface area contributed by atoms with E-state index in [0.717, 1.165) is 33.4 Å². The van der Waals surface area contributed by atoms with Crippen molar-refractivity contribution in [1.82, 2.24) is 20.5 Å². The lowest BCUT2D eigenvalue weighted by Crippen LogP contribution is -2.34. The zero-order valence-corrected chi connectivity index (χ0v) is 13.1. The lowest BCUT2D eigenvalue weighted by Gasteiger charge is -2.13. The molecule has 1 aromatic carbocycles. The lowest BCUT2D eigenvalue weighted by atomic mass is 10.1. The molecule has 2 heterocycles. The van der Waals surface area contributed by atoms with Crippen molar-refractivity contribution < 1.29 is 4.79 Å². The Kier molecular flexibility index (Phi) is 4.08. The number of aryl methyl sites for hydroxylation is 2. The normalized spacial score (nSPS) is 12.3. The Balaban J connectivity index is 1.70. The highest BCUT2D eigenvalue weighted by Gasteiger charge is 2.21. The van der Waals surface area contributed by atoms with Crippen molar-refractivity contribution in [1.29, 1.82) is 0 Å². The number of aromatic nitrogens is 3. The molecule has 0 bridgehead atoms. The Morgan fingerprint density at radius 3 is 2.87 bits per heavy atom. The van der Waals surface area contributed by atoms with Gasteiger partial charge >= 0.3 is 0 Å². The molecular weight excluding hydrogens is 290 g/mol. The summed E-state index contributed by atoms with van der Waals surface area (Å²) < 4.78 is 0. The number of fused-ring (bicyclic) bond motifs is 1. The molecule has 0 saturated carbocycles. The number of nitrogens with two attached hydrogens (primary N) is 1. The molecule has 0 unspecified atom stereocenters. The average molecular weight is 309 g/mol. The van der Waals surface area contributed by atoms with Gasteiger partial charge in [-0.25, -0.2) is 0 Å². The summed E-state index contributed by atoms with van der Waals surface area (Å²) >= 11 is 0. The molecular formula is C17H19N5O. The highest BCUT2D eigenvalue weighted by Crippen LogP contribution is 2.18. The first-order valence-electron chi connectivity index (χ1n) is 7.44. The molecule has 0 aliphatic rings. The number of pyridine rings is 1. The predicted molar refractivity (Wildman–Crippen MR) is 88.6 cm³/mol. The second-order valence-corrected chi connectivity index (χ2v) is 5.58. The van der Waals surface area contributed by atoms with E-state index in [1.165, 1.54) is 0 Å². The Hall–Kier alpha value is -2.73. The van der Waals surface area contributed by atoms with E-state index in [9.17, 15) is 4.79 Å². The summed E-state index contributed by atoms with van der Waals surface area (Å²) in [5.74, 6) is -0.231. The van der Waals surface area contributed by atoms with E-state index in [1.807, 2.05) is 44.2 Å². The number of benzene rings is 1. The molecule has 0 spiro atoms. The van der Waals surface area contributed by atoms with Crippen molar-refractivity contribution in [3.8, 4) is 0 Å². The van der Waals surface area contributed by atoms with Crippen LogP contribution < -0.4 is 11.1 Å². The second-order valence-electron chi connectivity index (χ2n) is 5.58. The molecule has 6 nitrogen and oxygen atoms in total. The van der Waals surface area contributed by atoms with E-state index in [2.05, 4.69) is 20.5 Å². The Morgan fingerprint density at radius 2 is 2.13 bits per heavy atom. The number of aromatic amines is 1. The quantitative estimate of drug-likeness (QED) is 0.685. The zero-order valence-electron chi connectivity index (χ0n) is 13.1. The fourth-order valence-corrected chi connectivity index (χ4v) is 2.66. The Labute approximate surface area is 134 Å². The van der Waals surface area contributed by atoms with Crippen LogP contribution in [0.4, 0.5) is 0 Å². The third-order valence-corrected chi connectivity index (χ3v) is 3.89. The standard InChI is InChI=1S/C17H19N5O/c1-10-15(11(2)22-21-10)16(18)17(23)20-9-12-7-13-5-3-4-6-14(13)19-8-12/h3-8,16H,9,18H2,1-2H3,(H,20,23)(H,21,22)/t16-/m1/s1. The lowest BCUT2D eigenvalue weighted by molar-refractivity contribution is -0.122. The summed E-state index contributed by atoms with van der Waals surface area (Å²) in [7, 11) is 0. The van der Waals surface area contributed by atoms with Crippen molar-refractivity contribution in [2.75, 3.05) is 0 Å². The van der Waals surface area contributed by atoms with Crippen LogP contribution in [0.2, 0.25) is 0 Å². The van der Waals surface area contributed by atoms with Crippen LogP contribution >= 0.6 is 0 Å². The van der Waals surface area contributed by atoms with E-state index in [1.54, 1.807) is 6.20 Å². The molecule has 3 aromatic rings. The van der Waals surface area contributed by atoms with Gasteiger partial charge in [-0.15, -0.1) is 0 Å². The summed E-state index contributed by atoms with van der Waals surface area (Å²) in [6.45, 7) is 4.08. The highest BCUT2D eigenvalue weighted by molar-refractivity contribution is 5.83. The zero-order chi connectivity index (χ0) is 16.4. The van der Waals surface area contributed by atoms with Gasteiger partial charge in [0, 0.05) is 29.4 Å². The summed E-state index contributed by atoms with van der Waals surface area (Å²) in [6.07, 6.45) is 1.77. The summed E-state index contributed by atoms with van der Waals surface area (Å²) in [6, 6.07) is 9.15. The molecule has 0 saturated heterocycles. The SMILES string of the molecule is Cc1n[nH]c(C)c1[C@@H](N)C(=O)NCc1cnc2ccccc2c1. The van der Waals surface area contributed by atoms with E-state index < -0.39 is 6.04 Å². The number of hydrogen-bond donors (Lipinski definition) is 3. The maximum Gasteiger partial charge on any atom is 0.241 e. The van der Waals surface area contributed by atoms with Crippen LogP contribution in [-0.2, 0) is 11.3 Å². The molecule has 23 heavy (non-hydrogen) atoms. The summed E-state index contributed by atoms with van der Waals surface area (Å²) in [4.78, 5) is 16.7. The van der Waals surface area contributed by atoms with Crippen LogP contribution in [0.5, 0.6) is 0 Å². The predicted octanol–water partition coefficient (Wildman–Crippen LogP) is 1.89. The highest BCUT2D eigenvalue weighted by atomic mass is 16.2. The summed E-state index contributed by atoms with van der Waals surface area (Å²) in [5, 5.41) is 10.8. The number of rotatable bonds is 4. The first kappa shape index (κ1) is 15.2. The molecule has 3 rings (SSSR count). The van der Waals surface area contributed by atoms with Gasteiger partial charge in [0.1, 0.15) is 6.04 Å². The van der Waals surface area contributed by atoms with Gasteiger partial charge in [-0.2, -0.15) is 5.10 Å². The van der Waals surface area contributed by atoms with Gasteiger partial charge < -0.3 is 11.1 Å². The van der Waals surface area contributed by atoms with Gasteiger partial charge in [0.2, 0.25) is 5.91 Å². The fourth-order valence-electron chi connectivity index (χ4n) is 2.66. The number of nitrogens with one attached hydrogen (secondary N) is 2. The molecule has 1 atom stereocenters. The molecule has 2 aromatic heterocycles. The molecule has 0 aliphatic carbocycles. The van der Waals surface area contributed by atoms with Crippen molar-refractivity contribution in [3.63, 3.8) is 0 Å². The molecule has 0 radical (unpaired) electrons. The number of H-pyrrole nitrogens is 1. The number of para-hydroxylation sites is 1. The average Bonchev–Trinajstić information content (AvgIpc) is 2.90. The van der Waals surface area contributed by atoms with Gasteiger partial charge in [-0.05, 0) is 31.5 Å². The monoisotopic (exact) mass is 309 g/mol. The minimum atomic E-state index is -0.734. The van der Waals surface area contributed by atoms with E-state index in [0.29, 0.717) is 6.54 Å². The minimum Gasteiger partial charge on any atom is -0.350 e.